The van der Waals surface area contributed by atoms with Crippen LogP contribution < -0.4 is 5.32 Å². The smallest absolute Gasteiger partial charge is 0.226 e. The Hall–Kier alpha value is -2.69. The Kier molecular flexibility index (Phi) is 6.83. The largest absolute Gasteiger partial charge is 0.359 e. The third-order valence-corrected chi connectivity index (χ3v) is 6.14. The molecule has 1 N–H and O–H groups in total. The molecule has 1 fully saturated rings. The number of halogens is 1. The number of hydrogen-bond donors (Lipinski definition) is 1. The Labute approximate surface area is 184 Å². The van der Waals surface area contributed by atoms with Crippen LogP contribution in [-0.4, -0.2) is 36.9 Å². The molecule has 2 aromatic carbocycles. The lowest BCUT2D eigenvalue weighted by molar-refractivity contribution is -0.141. The van der Waals surface area contributed by atoms with E-state index in [2.05, 4.69) is 26.1 Å². The van der Waals surface area contributed by atoms with Gasteiger partial charge in [-0.2, -0.15) is 0 Å². The Morgan fingerprint density at radius 3 is 2.19 bits per heavy atom. The third-order valence-electron chi connectivity index (χ3n) is 6.14. The molecule has 1 heterocycles. The summed E-state index contributed by atoms with van der Waals surface area (Å²) >= 11 is 0. The number of nitrogens with one attached hydrogen (secondary N) is 1. The van der Waals surface area contributed by atoms with Gasteiger partial charge in [0.05, 0.1) is 5.41 Å². The second kappa shape index (κ2) is 9.21. The Morgan fingerprint density at radius 1 is 1.03 bits per heavy atom. The molecular formula is C26H33FN2O2. The standard InChI is InChI=1S/C26H33FN2O2/c1-25(2,3)18-23(30)29-15-13-26(14-16-29,24(31)28-4)17-19-9-11-20(12-10-19)21-7-5-6-8-22(21)27/h5-12H,13-18H2,1-4H3,(H,28,31). The summed E-state index contributed by atoms with van der Waals surface area (Å²) in [5, 5.41) is 2.83. The highest BCUT2D eigenvalue weighted by Gasteiger charge is 2.42. The molecule has 31 heavy (non-hydrogen) atoms. The molecule has 0 radical (unpaired) electrons. The number of carbonyl (C=O) groups excluding carboxylic acids is 2. The predicted molar refractivity (Wildman–Crippen MR) is 122 cm³/mol. The zero-order chi connectivity index (χ0) is 22.6. The predicted octanol–water partition coefficient (Wildman–Crippen LogP) is 4.83. The van der Waals surface area contributed by atoms with Crippen molar-refractivity contribution in [2.75, 3.05) is 20.1 Å². The van der Waals surface area contributed by atoms with Crippen LogP contribution in [0.3, 0.4) is 0 Å². The van der Waals surface area contributed by atoms with Gasteiger partial charge in [0.25, 0.3) is 0 Å². The van der Waals surface area contributed by atoms with E-state index in [0.717, 1.165) is 11.1 Å². The van der Waals surface area contributed by atoms with E-state index in [1.54, 1.807) is 19.2 Å². The van der Waals surface area contributed by atoms with Gasteiger partial charge in [-0.25, -0.2) is 4.39 Å². The number of carbonyl (C=O) groups is 2. The SMILES string of the molecule is CNC(=O)C1(Cc2ccc(-c3ccccc3F)cc2)CCN(C(=O)CC(C)(C)C)CC1. The highest BCUT2D eigenvalue weighted by atomic mass is 19.1. The number of piperidine rings is 1. The van der Waals surface area contributed by atoms with Crippen LogP contribution in [0.15, 0.2) is 48.5 Å². The van der Waals surface area contributed by atoms with Crippen molar-refractivity contribution < 1.29 is 14.0 Å². The van der Waals surface area contributed by atoms with Gasteiger partial charge >= 0.3 is 0 Å². The maximum Gasteiger partial charge on any atom is 0.226 e. The number of rotatable bonds is 5. The number of benzene rings is 2. The average molecular weight is 425 g/mol. The fourth-order valence-corrected chi connectivity index (χ4v) is 4.39. The molecule has 166 valence electrons. The molecule has 2 aromatic rings. The van der Waals surface area contributed by atoms with E-state index < -0.39 is 5.41 Å². The first-order valence-electron chi connectivity index (χ1n) is 11.0. The number of amides is 2. The van der Waals surface area contributed by atoms with Gasteiger partial charge in [0.1, 0.15) is 5.82 Å². The van der Waals surface area contributed by atoms with Crippen molar-refractivity contribution in [3.05, 3.63) is 59.9 Å². The Morgan fingerprint density at radius 2 is 1.65 bits per heavy atom. The molecule has 0 atom stereocenters. The molecule has 3 rings (SSSR count). The van der Waals surface area contributed by atoms with Gasteiger partial charge in [0.15, 0.2) is 0 Å². The van der Waals surface area contributed by atoms with E-state index in [4.69, 9.17) is 0 Å². The topological polar surface area (TPSA) is 49.4 Å². The minimum Gasteiger partial charge on any atom is -0.359 e. The average Bonchev–Trinajstić information content (AvgIpc) is 2.73. The molecule has 0 aliphatic carbocycles. The van der Waals surface area contributed by atoms with Crippen molar-refractivity contribution in [3.63, 3.8) is 0 Å². The minimum absolute atomic E-state index is 0.0219. The molecule has 1 saturated heterocycles. The monoisotopic (exact) mass is 424 g/mol. The summed E-state index contributed by atoms with van der Waals surface area (Å²) in [6, 6.07) is 14.5. The Bertz CT molecular complexity index is 923. The first-order valence-corrected chi connectivity index (χ1v) is 11.0. The van der Waals surface area contributed by atoms with Crippen molar-refractivity contribution in [1.82, 2.24) is 10.2 Å². The van der Waals surface area contributed by atoms with Gasteiger partial charge in [0, 0.05) is 32.1 Å². The van der Waals surface area contributed by atoms with Crippen molar-refractivity contribution in [1.29, 1.82) is 0 Å². The summed E-state index contributed by atoms with van der Waals surface area (Å²) in [7, 11) is 1.67. The quantitative estimate of drug-likeness (QED) is 0.748. The summed E-state index contributed by atoms with van der Waals surface area (Å²) in [4.78, 5) is 27.4. The number of hydrogen-bond acceptors (Lipinski definition) is 2. The van der Waals surface area contributed by atoms with Crippen molar-refractivity contribution in [2.24, 2.45) is 10.8 Å². The molecular weight excluding hydrogens is 391 g/mol. The molecule has 0 spiro atoms. The normalized spacial score (nSPS) is 16.1. The molecule has 5 heteroatoms. The lowest BCUT2D eigenvalue weighted by atomic mass is 9.72. The van der Waals surface area contributed by atoms with E-state index in [-0.39, 0.29) is 23.0 Å². The second-order valence-corrected chi connectivity index (χ2v) is 9.83. The van der Waals surface area contributed by atoms with Crippen LogP contribution >= 0.6 is 0 Å². The van der Waals surface area contributed by atoms with E-state index in [9.17, 15) is 14.0 Å². The van der Waals surface area contributed by atoms with Crippen LogP contribution in [0.25, 0.3) is 11.1 Å². The van der Waals surface area contributed by atoms with Gasteiger partial charge < -0.3 is 10.2 Å². The second-order valence-electron chi connectivity index (χ2n) is 9.83. The van der Waals surface area contributed by atoms with E-state index in [0.29, 0.717) is 44.3 Å². The molecule has 1 aliphatic heterocycles. The summed E-state index contributed by atoms with van der Waals surface area (Å²) < 4.78 is 14.1. The fraction of sp³-hybridized carbons (Fsp3) is 0.462. The van der Waals surface area contributed by atoms with Crippen LogP contribution in [-0.2, 0) is 16.0 Å². The summed E-state index contributed by atoms with van der Waals surface area (Å²) in [5.41, 5.74) is 1.84. The lowest BCUT2D eigenvalue weighted by Crippen LogP contribution is -2.51. The molecule has 0 unspecified atom stereocenters. The van der Waals surface area contributed by atoms with E-state index in [1.165, 1.54) is 6.07 Å². The van der Waals surface area contributed by atoms with Gasteiger partial charge in [-0.1, -0.05) is 63.2 Å². The Balaban J connectivity index is 1.73. The van der Waals surface area contributed by atoms with Gasteiger partial charge in [-0.3, -0.25) is 9.59 Å². The van der Waals surface area contributed by atoms with Crippen molar-refractivity contribution in [2.45, 2.75) is 46.5 Å². The van der Waals surface area contributed by atoms with Crippen LogP contribution in [0, 0.1) is 16.6 Å². The number of likely N-dealkylation sites (tertiary alicyclic amines) is 1. The van der Waals surface area contributed by atoms with Crippen molar-refractivity contribution >= 4 is 11.8 Å². The third kappa shape index (κ3) is 5.52. The molecule has 2 amide bonds. The van der Waals surface area contributed by atoms with Crippen LogP contribution in [0.4, 0.5) is 4.39 Å². The van der Waals surface area contributed by atoms with Gasteiger partial charge in [-0.15, -0.1) is 0 Å². The highest BCUT2D eigenvalue weighted by Crippen LogP contribution is 2.37. The first-order chi connectivity index (χ1) is 14.6. The highest BCUT2D eigenvalue weighted by molar-refractivity contribution is 5.83. The summed E-state index contributed by atoms with van der Waals surface area (Å²) in [6.07, 6.45) is 2.39. The zero-order valence-corrected chi connectivity index (χ0v) is 19.0. The maximum atomic E-state index is 14.1. The summed E-state index contributed by atoms with van der Waals surface area (Å²) in [6.45, 7) is 7.38. The van der Waals surface area contributed by atoms with E-state index >= 15 is 0 Å². The van der Waals surface area contributed by atoms with Crippen molar-refractivity contribution in [3.8, 4) is 11.1 Å². The van der Waals surface area contributed by atoms with Gasteiger partial charge in [-0.05, 0) is 41.9 Å². The zero-order valence-electron chi connectivity index (χ0n) is 19.0. The summed E-state index contributed by atoms with van der Waals surface area (Å²) in [5.74, 6) is -0.0646. The lowest BCUT2D eigenvalue weighted by Gasteiger charge is -2.41. The molecule has 1 aliphatic rings. The molecule has 0 saturated carbocycles. The molecule has 0 bridgehead atoms. The van der Waals surface area contributed by atoms with Crippen LogP contribution in [0.2, 0.25) is 0 Å². The van der Waals surface area contributed by atoms with Crippen LogP contribution in [0.5, 0.6) is 0 Å². The maximum absolute atomic E-state index is 14.1. The van der Waals surface area contributed by atoms with Crippen LogP contribution in [0.1, 0.15) is 45.6 Å². The molecule has 0 aromatic heterocycles. The first kappa shape index (κ1) is 23.0. The number of nitrogens with zero attached hydrogens (tertiary/aromatic N) is 1. The minimum atomic E-state index is -0.535. The molecule has 4 nitrogen and oxygen atoms in total. The fourth-order valence-electron chi connectivity index (χ4n) is 4.39. The van der Waals surface area contributed by atoms with E-state index in [1.807, 2.05) is 35.2 Å². The van der Waals surface area contributed by atoms with Gasteiger partial charge in [0.2, 0.25) is 11.8 Å².